The third-order valence-corrected chi connectivity index (χ3v) is 3.08. The summed E-state index contributed by atoms with van der Waals surface area (Å²) < 4.78 is 1.96. The third kappa shape index (κ3) is 1.56. The van der Waals surface area contributed by atoms with Crippen molar-refractivity contribution in [1.29, 1.82) is 0 Å². The zero-order valence-corrected chi connectivity index (χ0v) is 10.0. The first-order valence-electron chi connectivity index (χ1n) is 5.14. The van der Waals surface area contributed by atoms with E-state index in [-0.39, 0.29) is 5.41 Å². The van der Waals surface area contributed by atoms with Gasteiger partial charge in [0.05, 0.1) is 16.4 Å². The second kappa shape index (κ2) is 2.99. The Kier molecular flexibility index (Phi) is 2.15. The van der Waals surface area contributed by atoms with Crippen molar-refractivity contribution in [3.8, 4) is 0 Å². The molecule has 1 aliphatic carbocycles. The van der Waals surface area contributed by atoms with Gasteiger partial charge in [-0.3, -0.25) is 4.68 Å². The zero-order valence-electron chi connectivity index (χ0n) is 9.26. The first kappa shape index (κ1) is 10.0. The highest BCUT2D eigenvalue weighted by atomic mass is 35.5. The molecule has 1 aromatic heterocycles. The highest BCUT2D eigenvalue weighted by Gasteiger charge is 2.33. The standard InChI is InChI=1S/C11H17ClN2/c1-11(2,3)10-8(12)9(7-5-6-7)14(4)13-10/h7H,5-6H2,1-4H3. The fourth-order valence-electron chi connectivity index (χ4n) is 1.79. The SMILES string of the molecule is Cn1nc(C(C)(C)C)c(Cl)c1C1CC1. The molecule has 0 radical (unpaired) electrons. The Labute approximate surface area is 90.3 Å². The van der Waals surface area contributed by atoms with Crippen molar-refractivity contribution < 1.29 is 0 Å². The van der Waals surface area contributed by atoms with E-state index in [0.29, 0.717) is 5.92 Å². The van der Waals surface area contributed by atoms with Crippen LogP contribution in [-0.4, -0.2) is 9.78 Å². The lowest BCUT2D eigenvalue weighted by atomic mass is 9.92. The molecule has 0 unspecified atom stereocenters. The first-order chi connectivity index (χ1) is 6.41. The number of halogens is 1. The van der Waals surface area contributed by atoms with Crippen LogP contribution in [0.25, 0.3) is 0 Å². The topological polar surface area (TPSA) is 17.8 Å². The summed E-state index contributed by atoms with van der Waals surface area (Å²) >= 11 is 6.37. The van der Waals surface area contributed by atoms with Gasteiger partial charge in [-0.2, -0.15) is 5.10 Å². The summed E-state index contributed by atoms with van der Waals surface area (Å²) in [6, 6.07) is 0. The number of hydrogen-bond acceptors (Lipinski definition) is 1. The van der Waals surface area contributed by atoms with Crippen LogP contribution in [0.5, 0.6) is 0 Å². The van der Waals surface area contributed by atoms with E-state index >= 15 is 0 Å². The molecular weight excluding hydrogens is 196 g/mol. The Morgan fingerprint density at radius 3 is 2.29 bits per heavy atom. The summed E-state index contributed by atoms with van der Waals surface area (Å²) in [6.07, 6.45) is 2.53. The second-order valence-corrected chi connectivity index (χ2v) is 5.57. The molecule has 1 heterocycles. The van der Waals surface area contributed by atoms with Crippen LogP contribution in [0.3, 0.4) is 0 Å². The molecule has 1 aliphatic rings. The maximum Gasteiger partial charge on any atom is 0.0867 e. The molecule has 3 heteroatoms. The van der Waals surface area contributed by atoms with E-state index < -0.39 is 0 Å². The lowest BCUT2D eigenvalue weighted by Crippen LogP contribution is -2.12. The van der Waals surface area contributed by atoms with Gasteiger partial charge in [0.25, 0.3) is 0 Å². The van der Waals surface area contributed by atoms with Gasteiger partial charge in [0.1, 0.15) is 0 Å². The van der Waals surface area contributed by atoms with Crippen LogP contribution < -0.4 is 0 Å². The van der Waals surface area contributed by atoms with E-state index in [0.717, 1.165) is 10.7 Å². The predicted octanol–water partition coefficient (Wildman–Crippen LogP) is 3.25. The number of nitrogens with zero attached hydrogens (tertiary/aromatic N) is 2. The van der Waals surface area contributed by atoms with Crippen molar-refractivity contribution in [3.63, 3.8) is 0 Å². The lowest BCUT2D eigenvalue weighted by Gasteiger charge is -2.15. The van der Waals surface area contributed by atoms with Gasteiger partial charge in [0, 0.05) is 18.4 Å². The molecule has 0 aliphatic heterocycles. The third-order valence-electron chi connectivity index (χ3n) is 2.71. The molecule has 78 valence electrons. The Morgan fingerprint density at radius 2 is 1.93 bits per heavy atom. The van der Waals surface area contributed by atoms with E-state index in [1.54, 1.807) is 0 Å². The number of aryl methyl sites for hydroxylation is 1. The molecule has 0 N–H and O–H groups in total. The van der Waals surface area contributed by atoms with Crippen LogP contribution in [0.1, 0.15) is 50.9 Å². The molecule has 14 heavy (non-hydrogen) atoms. The molecule has 0 aromatic carbocycles. The van der Waals surface area contributed by atoms with Crippen molar-refractivity contribution in [2.45, 2.75) is 44.9 Å². The Balaban J connectivity index is 2.48. The van der Waals surface area contributed by atoms with Crippen LogP contribution in [0.2, 0.25) is 5.02 Å². The Hall–Kier alpha value is -0.500. The molecule has 2 nitrogen and oxygen atoms in total. The van der Waals surface area contributed by atoms with Gasteiger partial charge in [-0.05, 0) is 12.8 Å². The van der Waals surface area contributed by atoms with E-state index in [1.807, 2.05) is 11.7 Å². The molecular formula is C11H17ClN2. The summed E-state index contributed by atoms with van der Waals surface area (Å²) in [4.78, 5) is 0. The van der Waals surface area contributed by atoms with Crippen LogP contribution in [0, 0.1) is 0 Å². The van der Waals surface area contributed by atoms with Crippen molar-refractivity contribution in [2.75, 3.05) is 0 Å². The average Bonchev–Trinajstić information content (AvgIpc) is 2.78. The smallest absolute Gasteiger partial charge is 0.0867 e. The minimum Gasteiger partial charge on any atom is -0.271 e. The van der Waals surface area contributed by atoms with Crippen molar-refractivity contribution in [3.05, 3.63) is 16.4 Å². The fraction of sp³-hybridized carbons (Fsp3) is 0.727. The zero-order chi connectivity index (χ0) is 10.5. The molecule has 1 saturated carbocycles. The van der Waals surface area contributed by atoms with Gasteiger partial charge in [-0.15, -0.1) is 0 Å². The van der Waals surface area contributed by atoms with Crippen molar-refractivity contribution in [1.82, 2.24) is 9.78 Å². The molecule has 0 amide bonds. The molecule has 2 rings (SSSR count). The van der Waals surface area contributed by atoms with E-state index in [9.17, 15) is 0 Å². The van der Waals surface area contributed by atoms with Crippen LogP contribution in [-0.2, 0) is 12.5 Å². The maximum atomic E-state index is 6.37. The van der Waals surface area contributed by atoms with Gasteiger partial charge in [0.15, 0.2) is 0 Å². The molecule has 0 atom stereocenters. The first-order valence-corrected chi connectivity index (χ1v) is 5.52. The normalized spacial score (nSPS) is 17.5. The van der Waals surface area contributed by atoms with Crippen LogP contribution in [0.4, 0.5) is 0 Å². The summed E-state index contributed by atoms with van der Waals surface area (Å²) in [7, 11) is 1.99. The maximum absolute atomic E-state index is 6.37. The predicted molar refractivity (Wildman–Crippen MR) is 58.9 cm³/mol. The molecule has 1 aromatic rings. The minimum absolute atomic E-state index is 0.0436. The summed E-state index contributed by atoms with van der Waals surface area (Å²) in [5.74, 6) is 0.663. The van der Waals surface area contributed by atoms with Crippen LogP contribution >= 0.6 is 11.6 Å². The number of rotatable bonds is 1. The second-order valence-electron chi connectivity index (χ2n) is 5.20. The lowest BCUT2D eigenvalue weighted by molar-refractivity contribution is 0.551. The van der Waals surface area contributed by atoms with E-state index in [4.69, 9.17) is 11.6 Å². The summed E-state index contributed by atoms with van der Waals surface area (Å²) in [5.41, 5.74) is 2.31. The number of aromatic nitrogens is 2. The highest BCUT2D eigenvalue weighted by Crippen LogP contribution is 2.45. The molecule has 0 bridgehead atoms. The largest absolute Gasteiger partial charge is 0.271 e. The molecule has 0 saturated heterocycles. The Bertz CT molecular complexity index is 356. The van der Waals surface area contributed by atoms with Gasteiger partial charge < -0.3 is 0 Å². The van der Waals surface area contributed by atoms with E-state index in [1.165, 1.54) is 18.5 Å². The summed E-state index contributed by atoms with van der Waals surface area (Å²) in [5, 5.41) is 5.42. The van der Waals surface area contributed by atoms with Crippen molar-refractivity contribution in [2.24, 2.45) is 7.05 Å². The van der Waals surface area contributed by atoms with Gasteiger partial charge in [-0.1, -0.05) is 32.4 Å². The quantitative estimate of drug-likeness (QED) is 0.699. The van der Waals surface area contributed by atoms with Gasteiger partial charge in [0.2, 0.25) is 0 Å². The molecule has 1 fully saturated rings. The minimum atomic E-state index is 0.0436. The molecule has 0 spiro atoms. The fourth-order valence-corrected chi connectivity index (χ4v) is 2.39. The Morgan fingerprint density at radius 1 is 1.36 bits per heavy atom. The van der Waals surface area contributed by atoms with Gasteiger partial charge in [-0.25, -0.2) is 0 Å². The monoisotopic (exact) mass is 212 g/mol. The summed E-state index contributed by atoms with van der Waals surface area (Å²) in [6.45, 7) is 6.45. The van der Waals surface area contributed by atoms with Crippen LogP contribution in [0.15, 0.2) is 0 Å². The average molecular weight is 213 g/mol. The van der Waals surface area contributed by atoms with E-state index in [2.05, 4.69) is 25.9 Å². The van der Waals surface area contributed by atoms with Gasteiger partial charge >= 0.3 is 0 Å². The van der Waals surface area contributed by atoms with Crippen molar-refractivity contribution >= 4 is 11.6 Å². The number of hydrogen-bond donors (Lipinski definition) is 0. The highest BCUT2D eigenvalue weighted by molar-refractivity contribution is 6.32.